The van der Waals surface area contributed by atoms with E-state index in [9.17, 15) is 0 Å². The summed E-state index contributed by atoms with van der Waals surface area (Å²) in [4.78, 5) is 9.10. The molecule has 0 radical (unpaired) electrons. The maximum atomic E-state index is 6.09. The minimum atomic E-state index is 0.252. The van der Waals surface area contributed by atoms with Gasteiger partial charge in [-0.15, -0.1) is 0 Å². The zero-order valence-electron chi connectivity index (χ0n) is 13.1. The smallest absolute Gasteiger partial charge is 0.128 e. The van der Waals surface area contributed by atoms with Crippen molar-refractivity contribution in [3.8, 4) is 0 Å². The van der Waals surface area contributed by atoms with E-state index >= 15 is 0 Å². The molecule has 2 rings (SSSR count). The van der Waals surface area contributed by atoms with Gasteiger partial charge in [0.15, 0.2) is 0 Å². The van der Waals surface area contributed by atoms with Crippen molar-refractivity contribution in [1.82, 2.24) is 20.1 Å². The Balaban J connectivity index is 2.16. The van der Waals surface area contributed by atoms with Crippen LogP contribution in [0.1, 0.15) is 23.6 Å². The topological polar surface area (TPSA) is 57.4 Å². The zero-order chi connectivity index (χ0) is 14.7. The minimum absolute atomic E-state index is 0.252. The van der Waals surface area contributed by atoms with Gasteiger partial charge in [0.2, 0.25) is 0 Å². The molecule has 2 unspecified atom stereocenters. The van der Waals surface area contributed by atoms with Crippen LogP contribution in [0.5, 0.6) is 0 Å². The van der Waals surface area contributed by atoms with Crippen LogP contribution >= 0.6 is 0 Å². The lowest BCUT2D eigenvalue weighted by Crippen LogP contribution is -2.51. The summed E-state index contributed by atoms with van der Waals surface area (Å²) in [5.41, 5.74) is 8.45. The summed E-state index contributed by atoms with van der Waals surface area (Å²) in [5.74, 6) is 0.649. The normalized spacial score (nSPS) is 22.9. The molecular formula is C15H27N5. The highest BCUT2D eigenvalue weighted by Crippen LogP contribution is 2.27. The van der Waals surface area contributed by atoms with Gasteiger partial charge >= 0.3 is 0 Å². The number of rotatable bonds is 4. The third kappa shape index (κ3) is 3.29. The Morgan fingerprint density at radius 1 is 1.45 bits per heavy atom. The van der Waals surface area contributed by atoms with E-state index in [2.05, 4.69) is 41.1 Å². The standard InChI is InChI=1S/C15H27N5/c1-11-5-6-18-15(16)14(11)13(17-2)9-12-10-19(3)7-8-20(12)4/h5-6,12-13,17H,7-10H2,1-4H3,(H2,16,18). The first kappa shape index (κ1) is 15.2. The van der Waals surface area contributed by atoms with Crippen LogP contribution in [-0.4, -0.2) is 61.6 Å². The van der Waals surface area contributed by atoms with Crippen molar-refractivity contribution in [1.29, 1.82) is 0 Å². The van der Waals surface area contributed by atoms with Gasteiger partial charge in [-0.05, 0) is 46.1 Å². The molecule has 0 spiro atoms. The summed E-state index contributed by atoms with van der Waals surface area (Å²) < 4.78 is 0. The summed E-state index contributed by atoms with van der Waals surface area (Å²) >= 11 is 0. The van der Waals surface area contributed by atoms with Crippen molar-refractivity contribution in [2.75, 3.05) is 46.5 Å². The SMILES string of the molecule is CNC(CC1CN(C)CCN1C)c1c(C)ccnc1N. The predicted octanol–water partition coefficient (Wildman–Crippen LogP) is 0.869. The van der Waals surface area contributed by atoms with E-state index in [1.165, 1.54) is 5.56 Å². The monoisotopic (exact) mass is 277 g/mol. The van der Waals surface area contributed by atoms with Crippen LogP contribution in [0.2, 0.25) is 0 Å². The van der Waals surface area contributed by atoms with E-state index in [1.807, 2.05) is 13.1 Å². The highest BCUT2D eigenvalue weighted by molar-refractivity contribution is 5.46. The van der Waals surface area contributed by atoms with Gasteiger partial charge in [0.1, 0.15) is 5.82 Å². The van der Waals surface area contributed by atoms with E-state index < -0.39 is 0 Å². The summed E-state index contributed by atoms with van der Waals surface area (Å²) in [7, 11) is 6.41. The lowest BCUT2D eigenvalue weighted by molar-refractivity contribution is 0.102. The molecule has 0 bridgehead atoms. The Kier molecular flexibility index (Phi) is 4.96. The molecule has 2 heterocycles. The highest BCUT2D eigenvalue weighted by Gasteiger charge is 2.27. The van der Waals surface area contributed by atoms with Gasteiger partial charge in [0, 0.05) is 43.5 Å². The molecule has 1 saturated heterocycles. The van der Waals surface area contributed by atoms with E-state index in [0.29, 0.717) is 11.9 Å². The van der Waals surface area contributed by atoms with Gasteiger partial charge in [0.05, 0.1) is 0 Å². The molecule has 1 aliphatic heterocycles. The number of hydrogen-bond donors (Lipinski definition) is 2. The van der Waals surface area contributed by atoms with Gasteiger partial charge in [0.25, 0.3) is 0 Å². The fourth-order valence-corrected chi connectivity index (χ4v) is 3.05. The Morgan fingerprint density at radius 3 is 2.85 bits per heavy atom. The molecule has 5 heteroatoms. The second-order valence-corrected chi connectivity index (χ2v) is 5.90. The maximum absolute atomic E-state index is 6.09. The number of nitrogens with one attached hydrogen (secondary N) is 1. The number of nitrogens with zero attached hydrogens (tertiary/aromatic N) is 3. The summed E-state index contributed by atoms with van der Waals surface area (Å²) in [6.45, 7) is 5.48. The van der Waals surface area contributed by atoms with E-state index in [4.69, 9.17) is 5.73 Å². The molecule has 3 N–H and O–H groups in total. The lowest BCUT2D eigenvalue weighted by atomic mass is 9.94. The number of aromatic nitrogens is 1. The first-order chi connectivity index (χ1) is 9.52. The predicted molar refractivity (Wildman–Crippen MR) is 83.7 cm³/mol. The number of nitrogens with two attached hydrogens (primary N) is 1. The van der Waals surface area contributed by atoms with Gasteiger partial charge in [-0.3, -0.25) is 0 Å². The number of aryl methyl sites for hydroxylation is 1. The molecule has 1 aliphatic rings. The van der Waals surface area contributed by atoms with Gasteiger partial charge in [-0.25, -0.2) is 4.98 Å². The van der Waals surface area contributed by atoms with Gasteiger partial charge in [-0.2, -0.15) is 0 Å². The Labute approximate surface area is 122 Å². The van der Waals surface area contributed by atoms with Crippen LogP contribution in [0.15, 0.2) is 12.3 Å². The number of pyridine rings is 1. The molecule has 1 fully saturated rings. The zero-order valence-corrected chi connectivity index (χ0v) is 13.1. The first-order valence-electron chi connectivity index (χ1n) is 7.30. The average Bonchev–Trinajstić information content (AvgIpc) is 2.41. The van der Waals surface area contributed by atoms with Crippen LogP contribution in [0, 0.1) is 6.92 Å². The fraction of sp³-hybridized carbons (Fsp3) is 0.667. The highest BCUT2D eigenvalue weighted by atomic mass is 15.3. The van der Waals surface area contributed by atoms with Gasteiger partial charge < -0.3 is 20.9 Å². The van der Waals surface area contributed by atoms with Crippen molar-refractivity contribution in [2.24, 2.45) is 0 Å². The van der Waals surface area contributed by atoms with E-state index in [1.54, 1.807) is 6.20 Å². The minimum Gasteiger partial charge on any atom is -0.383 e. The van der Waals surface area contributed by atoms with E-state index in [0.717, 1.165) is 31.6 Å². The molecule has 112 valence electrons. The van der Waals surface area contributed by atoms with Crippen LogP contribution < -0.4 is 11.1 Å². The number of likely N-dealkylation sites (N-methyl/N-ethyl adjacent to an activating group) is 2. The summed E-state index contributed by atoms with van der Waals surface area (Å²) in [6, 6.07) is 2.83. The van der Waals surface area contributed by atoms with Crippen LogP contribution in [0.3, 0.4) is 0 Å². The lowest BCUT2D eigenvalue weighted by Gasteiger charge is -2.39. The van der Waals surface area contributed by atoms with Crippen LogP contribution in [-0.2, 0) is 0 Å². The molecule has 5 nitrogen and oxygen atoms in total. The molecule has 0 aliphatic carbocycles. The van der Waals surface area contributed by atoms with Crippen molar-refractivity contribution in [3.05, 3.63) is 23.4 Å². The Bertz CT molecular complexity index is 428. The van der Waals surface area contributed by atoms with Crippen molar-refractivity contribution in [2.45, 2.75) is 25.4 Å². The molecule has 1 aromatic rings. The third-order valence-electron chi connectivity index (χ3n) is 4.42. The fourth-order valence-electron chi connectivity index (χ4n) is 3.05. The first-order valence-corrected chi connectivity index (χ1v) is 7.30. The number of hydrogen-bond acceptors (Lipinski definition) is 5. The van der Waals surface area contributed by atoms with Crippen LogP contribution in [0.4, 0.5) is 5.82 Å². The van der Waals surface area contributed by atoms with Crippen LogP contribution in [0.25, 0.3) is 0 Å². The Morgan fingerprint density at radius 2 is 2.20 bits per heavy atom. The summed E-state index contributed by atoms with van der Waals surface area (Å²) in [6.07, 6.45) is 2.83. The number of nitrogen functional groups attached to an aromatic ring is 1. The molecule has 0 saturated carbocycles. The molecule has 0 aromatic carbocycles. The van der Waals surface area contributed by atoms with Crippen molar-refractivity contribution < 1.29 is 0 Å². The molecule has 20 heavy (non-hydrogen) atoms. The molecule has 1 aromatic heterocycles. The average molecular weight is 277 g/mol. The number of anilines is 1. The van der Waals surface area contributed by atoms with Crippen molar-refractivity contribution >= 4 is 5.82 Å². The molecule has 2 atom stereocenters. The van der Waals surface area contributed by atoms with Crippen molar-refractivity contribution in [3.63, 3.8) is 0 Å². The molecule has 0 amide bonds. The van der Waals surface area contributed by atoms with Gasteiger partial charge in [-0.1, -0.05) is 0 Å². The third-order valence-corrected chi connectivity index (χ3v) is 4.42. The molecular weight excluding hydrogens is 250 g/mol. The van der Waals surface area contributed by atoms with E-state index in [-0.39, 0.29) is 6.04 Å². The maximum Gasteiger partial charge on any atom is 0.128 e. The Hall–Kier alpha value is -1.17. The second-order valence-electron chi connectivity index (χ2n) is 5.90. The summed E-state index contributed by atoms with van der Waals surface area (Å²) in [5, 5.41) is 3.42. The number of piperazine rings is 1. The quantitative estimate of drug-likeness (QED) is 0.855. The second kappa shape index (κ2) is 6.52. The largest absolute Gasteiger partial charge is 0.383 e.